The van der Waals surface area contributed by atoms with Gasteiger partial charge in [-0.15, -0.1) is 0 Å². The fourth-order valence-electron chi connectivity index (χ4n) is 6.18. The maximum Gasteiger partial charge on any atom is 0.155 e. The Hall–Kier alpha value is -0.710. The van der Waals surface area contributed by atoms with Crippen LogP contribution in [-0.4, -0.2) is 38.9 Å². The highest BCUT2D eigenvalue weighted by molar-refractivity contribution is 5.92. The summed E-state index contributed by atoms with van der Waals surface area (Å²) in [6.07, 6.45) is 5.61. The van der Waals surface area contributed by atoms with Gasteiger partial charge in [0.2, 0.25) is 0 Å². The number of aliphatic hydroxyl groups excluding tert-OH is 2. The first kappa shape index (κ1) is 14.9. The molecule has 4 rings (SSSR count). The number of ketones is 1. The molecule has 22 heavy (non-hydrogen) atoms. The zero-order valence-corrected chi connectivity index (χ0v) is 13.2. The molecule has 0 saturated heterocycles. The van der Waals surface area contributed by atoms with Gasteiger partial charge in [-0.2, -0.15) is 0 Å². The van der Waals surface area contributed by atoms with Crippen molar-refractivity contribution < 1.29 is 20.1 Å². The van der Waals surface area contributed by atoms with E-state index in [0.717, 1.165) is 25.7 Å². The quantitative estimate of drug-likeness (QED) is 0.635. The average molecular weight is 306 g/mol. The summed E-state index contributed by atoms with van der Waals surface area (Å²) in [6.45, 7) is 2.18. The normalized spacial score (nSPS) is 54.3. The predicted octanol–water partition coefficient (Wildman–Crippen LogP) is 1.57. The summed E-state index contributed by atoms with van der Waals surface area (Å²) in [5.41, 5.74) is -0.513. The van der Waals surface area contributed by atoms with E-state index in [4.69, 9.17) is 0 Å². The van der Waals surface area contributed by atoms with Crippen molar-refractivity contribution in [2.24, 2.45) is 23.2 Å². The van der Waals surface area contributed by atoms with Crippen molar-refractivity contribution in [2.75, 3.05) is 0 Å². The lowest BCUT2D eigenvalue weighted by Crippen LogP contribution is -2.58. The Morgan fingerprint density at radius 3 is 2.68 bits per heavy atom. The molecule has 7 atom stereocenters. The molecule has 0 heterocycles. The summed E-state index contributed by atoms with van der Waals surface area (Å²) in [4.78, 5) is 11.7. The molecular weight excluding hydrogens is 280 g/mol. The Kier molecular flexibility index (Phi) is 3.14. The van der Waals surface area contributed by atoms with Crippen LogP contribution in [0.2, 0.25) is 0 Å². The fourth-order valence-corrected chi connectivity index (χ4v) is 6.18. The molecule has 122 valence electrons. The van der Waals surface area contributed by atoms with E-state index in [9.17, 15) is 20.1 Å². The van der Waals surface area contributed by atoms with Crippen LogP contribution in [-0.2, 0) is 4.79 Å². The van der Waals surface area contributed by atoms with Crippen LogP contribution in [0.25, 0.3) is 0 Å². The zero-order valence-electron chi connectivity index (χ0n) is 13.2. The molecule has 4 heteroatoms. The molecule has 0 spiro atoms. The molecule has 0 unspecified atom stereocenters. The van der Waals surface area contributed by atoms with E-state index in [1.165, 1.54) is 6.08 Å². The molecule has 0 aromatic heterocycles. The Balaban J connectivity index is 1.73. The topological polar surface area (TPSA) is 77.8 Å². The second kappa shape index (κ2) is 4.65. The SMILES string of the molecule is C[C@]12CC[C@H]3[C@@H](C[C@@H](O)C4=CC(=O)CC[C@@]43O)[C@@H]1CC[C@@H]2O. The van der Waals surface area contributed by atoms with E-state index >= 15 is 0 Å². The summed E-state index contributed by atoms with van der Waals surface area (Å²) in [5, 5.41) is 32.2. The lowest BCUT2D eigenvalue weighted by atomic mass is 9.50. The summed E-state index contributed by atoms with van der Waals surface area (Å²) in [5.74, 6) is 0.771. The van der Waals surface area contributed by atoms with Crippen molar-refractivity contribution in [3.63, 3.8) is 0 Å². The van der Waals surface area contributed by atoms with Gasteiger partial charge < -0.3 is 15.3 Å². The van der Waals surface area contributed by atoms with Gasteiger partial charge in [-0.1, -0.05) is 6.92 Å². The lowest BCUT2D eigenvalue weighted by Gasteiger charge is -2.57. The zero-order chi connectivity index (χ0) is 15.7. The van der Waals surface area contributed by atoms with Crippen LogP contribution in [0.5, 0.6) is 0 Å². The molecule has 4 aliphatic rings. The summed E-state index contributed by atoms with van der Waals surface area (Å²) >= 11 is 0. The maximum absolute atomic E-state index is 11.7. The van der Waals surface area contributed by atoms with Crippen molar-refractivity contribution in [1.82, 2.24) is 0 Å². The minimum Gasteiger partial charge on any atom is -0.393 e. The number of hydrogen-bond donors (Lipinski definition) is 3. The Bertz CT molecular complexity index is 541. The Morgan fingerprint density at radius 1 is 1.14 bits per heavy atom. The molecule has 0 aromatic carbocycles. The first-order valence-electron chi connectivity index (χ1n) is 8.69. The molecule has 0 amide bonds. The van der Waals surface area contributed by atoms with Gasteiger partial charge in [0.15, 0.2) is 5.78 Å². The first-order valence-corrected chi connectivity index (χ1v) is 8.69. The third-order valence-electron chi connectivity index (χ3n) is 7.42. The van der Waals surface area contributed by atoms with E-state index in [1.54, 1.807) is 0 Å². The molecule has 3 fully saturated rings. The smallest absolute Gasteiger partial charge is 0.155 e. The maximum atomic E-state index is 11.7. The van der Waals surface area contributed by atoms with Gasteiger partial charge in [-0.3, -0.25) is 4.79 Å². The van der Waals surface area contributed by atoms with E-state index < -0.39 is 11.7 Å². The minimum absolute atomic E-state index is 0.0223. The molecule has 3 saturated carbocycles. The van der Waals surface area contributed by atoms with Gasteiger partial charge in [-0.05, 0) is 73.3 Å². The second-order valence-corrected chi connectivity index (χ2v) is 8.26. The van der Waals surface area contributed by atoms with E-state index in [1.807, 2.05) is 0 Å². The van der Waals surface area contributed by atoms with Crippen molar-refractivity contribution in [3.8, 4) is 0 Å². The van der Waals surface area contributed by atoms with Gasteiger partial charge in [0.25, 0.3) is 0 Å². The van der Waals surface area contributed by atoms with Crippen LogP contribution < -0.4 is 0 Å². The summed E-state index contributed by atoms with van der Waals surface area (Å²) in [6, 6.07) is 0. The minimum atomic E-state index is -1.01. The van der Waals surface area contributed by atoms with Crippen LogP contribution in [0.1, 0.15) is 51.9 Å². The monoisotopic (exact) mass is 306 g/mol. The van der Waals surface area contributed by atoms with Gasteiger partial charge >= 0.3 is 0 Å². The van der Waals surface area contributed by atoms with E-state index in [-0.39, 0.29) is 29.1 Å². The number of rotatable bonds is 0. The molecule has 4 aliphatic carbocycles. The fraction of sp³-hybridized carbons (Fsp3) is 0.833. The lowest BCUT2D eigenvalue weighted by molar-refractivity contribution is -0.142. The van der Waals surface area contributed by atoms with E-state index in [0.29, 0.717) is 30.8 Å². The summed E-state index contributed by atoms with van der Waals surface area (Å²) < 4.78 is 0. The van der Waals surface area contributed by atoms with Gasteiger partial charge in [0, 0.05) is 6.42 Å². The average Bonchev–Trinajstić information content (AvgIpc) is 2.77. The van der Waals surface area contributed by atoms with Gasteiger partial charge in [0.05, 0.1) is 17.8 Å². The van der Waals surface area contributed by atoms with Crippen molar-refractivity contribution in [1.29, 1.82) is 0 Å². The highest BCUT2D eigenvalue weighted by Crippen LogP contribution is 2.62. The highest BCUT2D eigenvalue weighted by atomic mass is 16.3. The number of carbonyl (C=O) groups is 1. The Morgan fingerprint density at radius 2 is 1.91 bits per heavy atom. The molecule has 0 radical (unpaired) electrons. The summed E-state index contributed by atoms with van der Waals surface area (Å²) in [7, 11) is 0. The molecule has 3 N–H and O–H groups in total. The molecule has 4 nitrogen and oxygen atoms in total. The third-order valence-corrected chi connectivity index (χ3v) is 7.42. The van der Waals surface area contributed by atoms with Gasteiger partial charge in [-0.25, -0.2) is 0 Å². The number of hydrogen-bond acceptors (Lipinski definition) is 4. The van der Waals surface area contributed by atoms with Crippen LogP contribution >= 0.6 is 0 Å². The van der Waals surface area contributed by atoms with Crippen molar-refractivity contribution in [3.05, 3.63) is 11.6 Å². The Labute approximate surface area is 131 Å². The number of aliphatic hydroxyl groups is 3. The highest BCUT2D eigenvalue weighted by Gasteiger charge is 2.61. The first-order chi connectivity index (χ1) is 10.4. The van der Waals surface area contributed by atoms with Crippen LogP contribution in [0.4, 0.5) is 0 Å². The largest absolute Gasteiger partial charge is 0.393 e. The third kappa shape index (κ3) is 1.78. The van der Waals surface area contributed by atoms with Crippen LogP contribution in [0, 0.1) is 23.2 Å². The molecule has 0 aromatic rings. The predicted molar refractivity (Wildman–Crippen MR) is 80.9 cm³/mol. The number of carbonyl (C=O) groups excluding carboxylic acids is 1. The standard InChI is InChI=1S/C18H26O4/c1-17-6-5-13-11(12(17)2-3-16(17)21)9-15(20)14-8-10(19)4-7-18(13,14)22/h8,11-13,15-16,20-22H,2-7,9H2,1H3/t11-,12-,13-,15+,16-,17-,18-/m0/s1. The molecule has 0 bridgehead atoms. The molecular formula is C18H26O4. The molecule has 0 aliphatic heterocycles. The van der Waals surface area contributed by atoms with Crippen molar-refractivity contribution >= 4 is 5.78 Å². The van der Waals surface area contributed by atoms with E-state index in [2.05, 4.69) is 6.92 Å². The number of fused-ring (bicyclic) bond motifs is 5. The van der Waals surface area contributed by atoms with Crippen LogP contribution in [0.15, 0.2) is 11.6 Å². The second-order valence-electron chi connectivity index (χ2n) is 8.26. The van der Waals surface area contributed by atoms with Gasteiger partial charge in [0.1, 0.15) is 0 Å². The van der Waals surface area contributed by atoms with Crippen LogP contribution in [0.3, 0.4) is 0 Å². The van der Waals surface area contributed by atoms with Crippen molar-refractivity contribution in [2.45, 2.75) is 69.7 Å².